The van der Waals surface area contributed by atoms with E-state index in [0.29, 0.717) is 24.5 Å². The molecule has 0 spiro atoms. The van der Waals surface area contributed by atoms with Crippen molar-refractivity contribution in [3.05, 3.63) is 0 Å². The highest BCUT2D eigenvalue weighted by molar-refractivity contribution is 5.78. The summed E-state index contributed by atoms with van der Waals surface area (Å²) in [5.41, 5.74) is 6.08. The summed E-state index contributed by atoms with van der Waals surface area (Å²) < 4.78 is 5.14. The number of methoxy groups -OCH3 is 1. The van der Waals surface area contributed by atoms with Crippen LogP contribution in [0.25, 0.3) is 0 Å². The molecule has 0 aliphatic rings. The molecule has 0 unspecified atom stereocenters. The van der Waals surface area contributed by atoms with Crippen LogP contribution in [0, 0.1) is 5.92 Å². The molecule has 0 radical (unpaired) electrons. The summed E-state index contributed by atoms with van der Waals surface area (Å²) >= 11 is 0. The lowest BCUT2D eigenvalue weighted by molar-refractivity contribution is 0.157. The van der Waals surface area contributed by atoms with Gasteiger partial charge in [0.2, 0.25) is 0 Å². The second-order valence-corrected chi connectivity index (χ2v) is 4.75. The third kappa shape index (κ3) is 6.51. The minimum Gasteiger partial charge on any atom is -0.383 e. The van der Waals surface area contributed by atoms with Gasteiger partial charge in [-0.2, -0.15) is 0 Å². The predicted octanol–water partition coefficient (Wildman–Crippen LogP) is 2.09. The van der Waals surface area contributed by atoms with Crippen LogP contribution in [0.1, 0.15) is 40.5 Å². The molecule has 17 heavy (non-hydrogen) atoms. The summed E-state index contributed by atoms with van der Waals surface area (Å²) in [6.07, 6.45) is 2.16. The average Bonchev–Trinajstić information content (AvgIpc) is 2.31. The van der Waals surface area contributed by atoms with Crippen LogP contribution in [0.15, 0.2) is 4.99 Å². The molecular weight excluding hydrogens is 214 g/mol. The monoisotopic (exact) mass is 243 g/mol. The second-order valence-electron chi connectivity index (χ2n) is 4.75. The van der Waals surface area contributed by atoms with E-state index in [-0.39, 0.29) is 0 Å². The van der Waals surface area contributed by atoms with Gasteiger partial charge < -0.3 is 15.4 Å². The van der Waals surface area contributed by atoms with Crippen LogP contribution >= 0.6 is 0 Å². The Morgan fingerprint density at radius 3 is 2.29 bits per heavy atom. The van der Waals surface area contributed by atoms with E-state index in [0.717, 1.165) is 25.9 Å². The number of nitrogens with zero attached hydrogens (tertiary/aromatic N) is 2. The van der Waals surface area contributed by atoms with Gasteiger partial charge >= 0.3 is 0 Å². The summed E-state index contributed by atoms with van der Waals surface area (Å²) in [5, 5.41) is 0. The Bertz CT molecular complexity index is 213. The van der Waals surface area contributed by atoms with Crippen LogP contribution in [-0.4, -0.2) is 43.7 Å². The molecule has 0 amide bonds. The molecule has 0 saturated carbocycles. The Kier molecular flexibility index (Phi) is 8.86. The largest absolute Gasteiger partial charge is 0.383 e. The van der Waals surface area contributed by atoms with E-state index in [9.17, 15) is 0 Å². The fraction of sp³-hybridized carbons (Fsp3) is 0.923. The van der Waals surface area contributed by atoms with Gasteiger partial charge in [-0.15, -0.1) is 0 Å². The number of nitrogens with two attached hydrogens (primary N) is 1. The normalized spacial score (nSPS) is 12.5. The maximum absolute atomic E-state index is 6.08. The Balaban J connectivity index is 4.58. The minimum atomic E-state index is 0.459. The molecule has 0 rings (SSSR count). The summed E-state index contributed by atoms with van der Waals surface area (Å²) in [4.78, 5) is 6.63. The maximum atomic E-state index is 6.08. The first-order chi connectivity index (χ1) is 8.06. The molecule has 0 saturated heterocycles. The molecule has 102 valence electrons. The Morgan fingerprint density at radius 2 is 1.88 bits per heavy atom. The summed E-state index contributed by atoms with van der Waals surface area (Å²) in [7, 11) is 1.71. The zero-order valence-electron chi connectivity index (χ0n) is 12.1. The van der Waals surface area contributed by atoms with E-state index in [2.05, 4.69) is 37.6 Å². The summed E-state index contributed by atoms with van der Waals surface area (Å²) in [6.45, 7) is 11.0. The van der Waals surface area contributed by atoms with Crippen molar-refractivity contribution in [2.24, 2.45) is 16.6 Å². The lowest BCUT2D eigenvalue weighted by Gasteiger charge is -2.31. The average molecular weight is 243 g/mol. The van der Waals surface area contributed by atoms with Gasteiger partial charge in [0.05, 0.1) is 6.61 Å². The summed E-state index contributed by atoms with van der Waals surface area (Å²) in [5.74, 6) is 1.20. The maximum Gasteiger partial charge on any atom is 0.191 e. The lowest BCUT2D eigenvalue weighted by Crippen LogP contribution is -2.46. The molecule has 4 heteroatoms. The standard InChI is InChI=1S/C13H29N3O/c1-6-12(7-2)16(8-9-17-5)13(14)15-10-11(3)4/h11-12H,6-10H2,1-5H3,(H2,14,15). The molecule has 0 atom stereocenters. The fourth-order valence-corrected chi connectivity index (χ4v) is 1.77. The van der Waals surface area contributed by atoms with Gasteiger partial charge in [0.1, 0.15) is 0 Å². The fourth-order valence-electron chi connectivity index (χ4n) is 1.77. The predicted molar refractivity (Wildman–Crippen MR) is 74.3 cm³/mol. The number of hydrogen-bond donors (Lipinski definition) is 1. The van der Waals surface area contributed by atoms with Gasteiger partial charge in [-0.05, 0) is 18.8 Å². The van der Waals surface area contributed by atoms with E-state index >= 15 is 0 Å². The van der Waals surface area contributed by atoms with E-state index in [1.807, 2.05) is 0 Å². The smallest absolute Gasteiger partial charge is 0.191 e. The third-order valence-corrected chi connectivity index (χ3v) is 2.83. The highest BCUT2D eigenvalue weighted by atomic mass is 16.5. The Hall–Kier alpha value is -0.770. The second kappa shape index (κ2) is 9.28. The van der Waals surface area contributed by atoms with Crippen molar-refractivity contribution in [3.63, 3.8) is 0 Å². The van der Waals surface area contributed by atoms with E-state index in [1.165, 1.54) is 0 Å². The van der Waals surface area contributed by atoms with E-state index < -0.39 is 0 Å². The molecular formula is C13H29N3O. The number of hydrogen-bond acceptors (Lipinski definition) is 2. The zero-order chi connectivity index (χ0) is 13.3. The van der Waals surface area contributed by atoms with Crippen molar-refractivity contribution in [1.82, 2.24) is 4.90 Å². The van der Waals surface area contributed by atoms with Crippen LogP contribution in [-0.2, 0) is 4.74 Å². The molecule has 0 aromatic carbocycles. The van der Waals surface area contributed by atoms with Gasteiger partial charge in [0.15, 0.2) is 5.96 Å². The van der Waals surface area contributed by atoms with Crippen LogP contribution in [0.4, 0.5) is 0 Å². The molecule has 0 aromatic heterocycles. The molecule has 2 N–H and O–H groups in total. The molecule has 0 heterocycles. The Labute approximate surface area is 106 Å². The minimum absolute atomic E-state index is 0.459. The van der Waals surface area contributed by atoms with Gasteiger partial charge in [-0.1, -0.05) is 27.7 Å². The van der Waals surface area contributed by atoms with Crippen molar-refractivity contribution in [3.8, 4) is 0 Å². The van der Waals surface area contributed by atoms with Gasteiger partial charge in [-0.25, -0.2) is 0 Å². The first kappa shape index (κ1) is 16.2. The molecule has 0 bridgehead atoms. The van der Waals surface area contributed by atoms with Gasteiger partial charge in [0, 0.05) is 26.2 Å². The number of guanidine groups is 1. The number of ether oxygens (including phenoxy) is 1. The Morgan fingerprint density at radius 1 is 1.29 bits per heavy atom. The van der Waals surface area contributed by atoms with Gasteiger partial charge in [-0.3, -0.25) is 4.99 Å². The third-order valence-electron chi connectivity index (χ3n) is 2.83. The van der Waals surface area contributed by atoms with Crippen LogP contribution in [0.5, 0.6) is 0 Å². The highest BCUT2D eigenvalue weighted by Crippen LogP contribution is 2.08. The molecule has 0 aliphatic carbocycles. The molecule has 0 fully saturated rings. The first-order valence-corrected chi connectivity index (χ1v) is 6.62. The van der Waals surface area contributed by atoms with E-state index in [4.69, 9.17) is 10.5 Å². The quantitative estimate of drug-likeness (QED) is 0.524. The summed E-state index contributed by atoms with van der Waals surface area (Å²) in [6, 6.07) is 0.459. The first-order valence-electron chi connectivity index (χ1n) is 6.62. The van der Waals surface area contributed by atoms with Crippen molar-refractivity contribution in [2.45, 2.75) is 46.6 Å². The van der Waals surface area contributed by atoms with Crippen molar-refractivity contribution in [2.75, 3.05) is 26.8 Å². The van der Waals surface area contributed by atoms with Crippen LogP contribution in [0.2, 0.25) is 0 Å². The zero-order valence-corrected chi connectivity index (χ0v) is 12.1. The van der Waals surface area contributed by atoms with Crippen LogP contribution in [0.3, 0.4) is 0 Å². The van der Waals surface area contributed by atoms with Crippen molar-refractivity contribution >= 4 is 5.96 Å². The molecule has 4 nitrogen and oxygen atoms in total. The van der Waals surface area contributed by atoms with Gasteiger partial charge in [0.25, 0.3) is 0 Å². The van der Waals surface area contributed by atoms with E-state index in [1.54, 1.807) is 7.11 Å². The number of rotatable bonds is 8. The molecule has 0 aromatic rings. The van der Waals surface area contributed by atoms with Crippen LogP contribution < -0.4 is 5.73 Å². The van der Waals surface area contributed by atoms with Crippen molar-refractivity contribution < 1.29 is 4.74 Å². The SMILES string of the molecule is CCC(CC)N(CCOC)C(N)=NCC(C)C. The highest BCUT2D eigenvalue weighted by Gasteiger charge is 2.16. The van der Waals surface area contributed by atoms with Crippen molar-refractivity contribution in [1.29, 1.82) is 0 Å². The molecule has 0 aliphatic heterocycles. The topological polar surface area (TPSA) is 50.9 Å². The lowest BCUT2D eigenvalue weighted by atomic mass is 10.1. The number of aliphatic imine (C=N–C) groups is 1.